The molecule has 4 aromatic rings. The first kappa shape index (κ1) is 27.1. The molecule has 0 saturated carbocycles. The molecular formula is C24H28N6O4S. The van der Waals surface area contributed by atoms with Crippen LogP contribution in [-0.2, 0) is 23.5 Å². The Kier molecular flexibility index (Phi) is 9.97. The van der Waals surface area contributed by atoms with Crippen LogP contribution in [0.2, 0.25) is 0 Å². The lowest BCUT2D eigenvalue weighted by Crippen LogP contribution is -2.22. The fourth-order valence-electron chi connectivity index (χ4n) is 3.04. The minimum absolute atomic E-state index is 0.128. The van der Waals surface area contributed by atoms with Crippen molar-refractivity contribution in [3.05, 3.63) is 96.1 Å². The van der Waals surface area contributed by atoms with Gasteiger partial charge in [0.15, 0.2) is 11.9 Å². The average Bonchev–Trinajstić information content (AvgIpc) is 2.80. The van der Waals surface area contributed by atoms with Gasteiger partial charge in [0.2, 0.25) is 0 Å². The largest absolute Gasteiger partial charge is 0.394 e. The Labute approximate surface area is 203 Å². The maximum atomic E-state index is 8.74. The SMILES string of the molecule is NC(N)=NCc1ccc2ccccc2c1.NC(N)=NCc1ccc2ccccc2c1.O=S(=O)(O)O. The van der Waals surface area contributed by atoms with Gasteiger partial charge in [-0.1, -0.05) is 72.8 Å². The fourth-order valence-corrected chi connectivity index (χ4v) is 3.04. The normalized spacial score (nSPS) is 10.3. The molecule has 0 saturated heterocycles. The van der Waals surface area contributed by atoms with Crippen molar-refractivity contribution < 1.29 is 17.5 Å². The summed E-state index contributed by atoms with van der Waals surface area (Å²) >= 11 is 0. The van der Waals surface area contributed by atoms with Crippen LogP contribution in [0, 0.1) is 0 Å². The minimum atomic E-state index is -4.67. The molecule has 0 atom stereocenters. The molecular weight excluding hydrogens is 468 g/mol. The highest BCUT2D eigenvalue weighted by Gasteiger charge is 1.96. The zero-order chi connectivity index (χ0) is 25.8. The standard InChI is InChI=1S/2C12H13N3.H2O4S/c2*13-12(14)15-8-9-5-6-10-3-1-2-4-11(10)7-9;1-5(2,3)4/h2*1-7H,8H2,(H4,13,14,15);(H2,1,2,3,4). The molecule has 0 spiro atoms. The zero-order valence-electron chi connectivity index (χ0n) is 18.8. The first-order valence-electron chi connectivity index (χ1n) is 10.3. The Bertz CT molecular complexity index is 1330. The van der Waals surface area contributed by atoms with Crippen LogP contribution in [-0.4, -0.2) is 29.4 Å². The molecule has 0 unspecified atom stereocenters. The van der Waals surface area contributed by atoms with Crippen molar-refractivity contribution >= 4 is 43.9 Å². The lowest BCUT2D eigenvalue weighted by atomic mass is 10.1. The summed E-state index contributed by atoms with van der Waals surface area (Å²) in [7, 11) is -4.67. The molecule has 0 amide bonds. The van der Waals surface area contributed by atoms with Crippen LogP contribution in [0.3, 0.4) is 0 Å². The van der Waals surface area contributed by atoms with Crippen molar-refractivity contribution in [2.75, 3.05) is 0 Å². The van der Waals surface area contributed by atoms with Gasteiger partial charge in [0.25, 0.3) is 0 Å². The molecule has 0 bridgehead atoms. The van der Waals surface area contributed by atoms with E-state index in [2.05, 4.69) is 58.5 Å². The molecule has 0 aromatic heterocycles. The molecule has 0 radical (unpaired) electrons. The van der Waals surface area contributed by atoms with Gasteiger partial charge in [-0.25, -0.2) is 9.98 Å². The van der Waals surface area contributed by atoms with E-state index in [0.29, 0.717) is 13.1 Å². The van der Waals surface area contributed by atoms with Crippen LogP contribution in [0.4, 0.5) is 0 Å². The maximum absolute atomic E-state index is 8.74. The van der Waals surface area contributed by atoms with Gasteiger partial charge in [-0.3, -0.25) is 9.11 Å². The Hall–Kier alpha value is -4.19. The highest BCUT2D eigenvalue weighted by atomic mass is 32.3. The number of hydrogen-bond acceptors (Lipinski definition) is 4. The Morgan fingerprint density at radius 1 is 0.600 bits per heavy atom. The van der Waals surface area contributed by atoms with Gasteiger partial charge in [-0.15, -0.1) is 0 Å². The lowest BCUT2D eigenvalue weighted by Gasteiger charge is -2.00. The third-order valence-corrected chi connectivity index (χ3v) is 4.52. The predicted molar refractivity (Wildman–Crippen MR) is 141 cm³/mol. The van der Waals surface area contributed by atoms with E-state index in [4.69, 9.17) is 40.5 Å². The van der Waals surface area contributed by atoms with Crippen molar-refractivity contribution in [2.45, 2.75) is 13.1 Å². The summed E-state index contributed by atoms with van der Waals surface area (Å²) in [6.07, 6.45) is 0. The number of aliphatic imine (C=N–C) groups is 2. The highest BCUT2D eigenvalue weighted by Crippen LogP contribution is 2.17. The zero-order valence-corrected chi connectivity index (χ0v) is 19.6. The monoisotopic (exact) mass is 496 g/mol. The van der Waals surface area contributed by atoms with Gasteiger partial charge in [0.1, 0.15) is 0 Å². The van der Waals surface area contributed by atoms with Crippen LogP contribution in [0.15, 0.2) is 94.9 Å². The van der Waals surface area contributed by atoms with Gasteiger partial charge in [-0.05, 0) is 44.8 Å². The second-order valence-electron chi connectivity index (χ2n) is 7.29. The van der Waals surface area contributed by atoms with Crippen LogP contribution in [0.25, 0.3) is 21.5 Å². The summed E-state index contributed by atoms with van der Waals surface area (Å²) in [5.41, 5.74) is 23.3. The molecule has 4 rings (SSSR count). The molecule has 0 aliphatic heterocycles. The van der Waals surface area contributed by atoms with Gasteiger partial charge in [0, 0.05) is 0 Å². The molecule has 35 heavy (non-hydrogen) atoms. The molecule has 0 heterocycles. The molecule has 4 aromatic carbocycles. The van der Waals surface area contributed by atoms with Gasteiger partial charge in [-0.2, -0.15) is 8.42 Å². The summed E-state index contributed by atoms with van der Waals surface area (Å²) < 4.78 is 31.6. The Morgan fingerprint density at radius 2 is 0.914 bits per heavy atom. The van der Waals surface area contributed by atoms with Crippen LogP contribution >= 0.6 is 0 Å². The van der Waals surface area contributed by atoms with E-state index in [1.54, 1.807) is 0 Å². The van der Waals surface area contributed by atoms with Crippen molar-refractivity contribution in [1.82, 2.24) is 0 Å². The average molecular weight is 497 g/mol. The van der Waals surface area contributed by atoms with E-state index < -0.39 is 10.4 Å². The summed E-state index contributed by atoms with van der Waals surface area (Å²) in [5, 5.41) is 4.87. The summed E-state index contributed by atoms with van der Waals surface area (Å²) in [6, 6.07) is 28.8. The molecule has 0 aliphatic carbocycles. The number of guanidine groups is 2. The molecule has 11 heteroatoms. The first-order valence-corrected chi connectivity index (χ1v) is 11.7. The third kappa shape index (κ3) is 11.0. The quantitative estimate of drug-likeness (QED) is 0.140. The van der Waals surface area contributed by atoms with Crippen LogP contribution in [0.1, 0.15) is 11.1 Å². The maximum Gasteiger partial charge on any atom is 0.394 e. The van der Waals surface area contributed by atoms with E-state index in [9.17, 15) is 0 Å². The number of hydrogen-bond donors (Lipinski definition) is 6. The van der Waals surface area contributed by atoms with Crippen molar-refractivity contribution in [3.8, 4) is 0 Å². The Morgan fingerprint density at radius 3 is 1.23 bits per heavy atom. The van der Waals surface area contributed by atoms with Crippen molar-refractivity contribution in [3.63, 3.8) is 0 Å². The number of nitrogens with two attached hydrogens (primary N) is 4. The summed E-state index contributed by atoms with van der Waals surface area (Å²) in [6.45, 7) is 1.07. The van der Waals surface area contributed by atoms with E-state index in [1.165, 1.54) is 21.5 Å². The lowest BCUT2D eigenvalue weighted by molar-refractivity contribution is 0.381. The summed E-state index contributed by atoms with van der Waals surface area (Å²) in [5.74, 6) is 0.256. The molecule has 10 nitrogen and oxygen atoms in total. The number of nitrogens with zero attached hydrogens (tertiary/aromatic N) is 2. The van der Waals surface area contributed by atoms with Gasteiger partial charge < -0.3 is 22.9 Å². The summed E-state index contributed by atoms with van der Waals surface area (Å²) in [4.78, 5) is 7.95. The van der Waals surface area contributed by atoms with Crippen molar-refractivity contribution in [1.29, 1.82) is 0 Å². The molecule has 10 N–H and O–H groups in total. The van der Waals surface area contributed by atoms with E-state index >= 15 is 0 Å². The molecule has 0 aliphatic rings. The second kappa shape index (κ2) is 12.9. The third-order valence-electron chi connectivity index (χ3n) is 4.52. The predicted octanol–water partition coefficient (Wildman–Crippen LogP) is 2.57. The van der Waals surface area contributed by atoms with Crippen LogP contribution in [0.5, 0.6) is 0 Å². The molecule has 184 valence electrons. The first-order chi connectivity index (χ1) is 16.5. The van der Waals surface area contributed by atoms with Gasteiger partial charge >= 0.3 is 10.4 Å². The highest BCUT2D eigenvalue weighted by molar-refractivity contribution is 7.79. The van der Waals surface area contributed by atoms with E-state index in [0.717, 1.165) is 11.1 Å². The van der Waals surface area contributed by atoms with Crippen molar-refractivity contribution in [2.24, 2.45) is 32.9 Å². The number of rotatable bonds is 4. The van der Waals surface area contributed by atoms with E-state index in [1.807, 2.05) is 36.4 Å². The molecule has 0 fully saturated rings. The van der Waals surface area contributed by atoms with Crippen LogP contribution < -0.4 is 22.9 Å². The minimum Gasteiger partial charge on any atom is -0.370 e. The number of fused-ring (bicyclic) bond motifs is 2. The fraction of sp³-hybridized carbons (Fsp3) is 0.0833. The topological polar surface area (TPSA) is 203 Å². The Balaban J connectivity index is 0.000000208. The van der Waals surface area contributed by atoms with E-state index in [-0.39, 0.29) is 11.9 Å². The van der Waals surface area contributed by atoms with Gasteiger partial charge in [0.05, 0.1) is 13.1 Å². The smallest absolute Gasteiger partial charge is 0.370 e. The number of benzene rings is 4. The second-order valence-corrected chi connectivity index (χ2v) is 8.19.